The van der Waals surface area contributed by atoms with Crippen molar-refractivity contribution in [3.63, 3.8) is 0 Å². The molecule has 0 spiro atoms. The standard InChI is InChI=1S/C13H14N2O2S2/c1-8(16)9-3-4-11(17-2)10(5-9)7-18-12-6-15-13(14)19-12/h3-6H,7H2,1-2H3,(H2,14,15). The number of rotatable bonds is 5. The fourth-order valence-electron chi connectivity index (χ4n) is 1.60. The van der Waals surface area contributed by atoms with Crippen LogP contribution in [0.25, 0.3) is 0 Å². The SMILES string of the molecule is COc1ccc(C(C)=O)cc1CSc1cnc(N)s1. The number of hydrogen-bond acceptors (Lipinski definition) is 6. The van der Waals surface area contributed by atoms with Gasteiger partial charge in [-0.15, -0.1) is 11.8 Å². The number of aromatic nitrogens is 1. The van der Waals surface area contributed by atoms with Gasteiger partial charge in [-0.25, -0.2) is 4.98 Å². The third kappa shape index (κ3) is 3.48. The number of anilines is 1. The monoisotopic (exact) mass is 294 g/mol. The quantitative estimate of drug-likeness (QED) is 0.677. The number of nitrogens with two attached hydrogens (primary N) is 1. The Hall–Kier alpha value is -1.53. The summed E-state index contributed by atoms with van der Waals surface area (Å²) in [5, 5.41) is 0.562. The Morgan fingerprint density at radius 1 is 1.53 bits per heavy atom. The topological polar surface area (TPSA) is 65.2 Å². The minimum Gasteiger partial charge on any atom is -0.496 e. The number of Topliss-reactive ketones (excluding diaryl/α,β-unsaturated/α-hetero) is 1. The predicted molar refractivity (Wildman–Crippen MR) is 79.1 cm³/mol. The molecular weight excluding hydrogens is 280 g/mol. The van der Waals surface area contributed by atoms with Gasteiger partial charge in [0.25, 0.3) is 0 Å². The molecule has 0 aliphatic heterocycles. The average Bonchev–Trinajstić information content (AvgIpc) is 2.81. The number of benzene rings is 1. The summed E-state index contributed by atoms with van der Waals surface area (Å²) in [6, 6.07) is 5.48. The van der Waals surface area contributed by atoms with E-state index < -0.39 is 0 Å². The summed E-state index contributed by atoms with van der Waals surface area (Å²) in [6.07, 6.45) is 1.76. The van der Waals surface area contributed by atoms with E-state index in [0.29, 0.717) is 16.4 Å². The first-order valence-electron chi connectivity index (χ1n) is 5.62. The molecule has 1 heterocycles. The van der Waals surface area contributed by atoms with Crippen molar-refractivity contribution in [2.45, 2.75) is 16.9 Å². The molecule has 0 aliphatic rings. The number of thiazole rings is 1. The molecule has 0 amide bonds. The fourth-order valence-corrected chi connectivity index (χ4v) is 3.33. The van der Waals surface area contributed by atoms with Crippen LogP contribution in [-0.4, -0.2) is 17.9 Å². The molecule has 0 saturated heterocycles. The van der Waals surface area contributed by atoms with Gasteiger partial charge in [-0.1, -0.05) is 11.3 Å². The van der Waals surface area contributed by atoms with Crippen LogP contribution in [0.1, 0.15) is 22.8 Å². The molecule has 0 atom stereocenters. The number of ether oxygens (including phenoxy) is 1. The lowest BCUT2D eigenvalue weighted by Gasteiger charge is -2.09. The van der Waals surface area contributed by atoms with E-state index in [4.69, 9.17) is 10.5 Å². The van der Waals surface area contributed by atoms with Gasteiger partial charge in [0, 0.05) is 16.9 Å². The highest BCUT2D eigenvalue weighted by atomic mass is 32.2. The summed E-state index contributed by atoms with van der Waals surface area (Å²) in [6.45, 7) is 1.56. The molecule has 0 radical (unpaired) electrons. The van der Waals surface area contributed by atoms with Gasteiger partial charge in [0.2, 0.25) is 0 Å². The second-order valence-corrected chi connectivity index (χ2v) is 6.23. The summed E-state index contributed by atoms with van der Waals surface area (Å²) in [4.78, 5) is 15.4. The normalized spacial score (nSPS) is 10.4. The first-order chi connectivity index (χ1) is 9.10. The van der Waals surface area contributed by atoms with Gasteiger partial charge in [0.15, 0.2) is 10.9 Å². The number of carbonyl (C=O) groups excluding carboxylic acids is 1. The van der Waals surface area contributed by atoms with Gasteiger partial charge in [0.05, 0.1) is 17.5 Å². The largest absolute Gasteiger partial charge is 0.496 e. The van der Waals surface area contributed by atoms with Crippen LogP contribution in [0.5, 0.6) is 5.75 Å². The van der Waals surface area contributed by atoms with Crippen molar-refractivity contribution < 1.29 is 9.53 Å². The number of methoxy groups -OCH3 is 1. The molecule has 100 valence electrons. The molecule has 2 aromatic rings. The maximum atomic E-state index is 11.4. The Kier molecular flexibility index (Phi) is 4.44. The molecule has 1 aromatic carbocycles. The van der Waals surface area contributed by atoms with E-state index in [0.717, 1.165) is 15.5 Å². The third-order valence-corrected chi connectivity index (χ3v) is 4.63. The van der Waals surface area contributed by atoms with Crippen molar-refractivity contribution in [3.05, 3.63) is 35.5 Å². The van der Waals surface area contributed by atoms with Crippen LogP contribution >= 0.6 is 23.1 Å². The van der Waals surface area contributed by atoms with Crippen LogP contribution in [0.15, 0.2) is 28.6 Å². The summed E-state index contributed by atoms with van der Waals surface area (Å²) in [5.41, 5.74) is 7.28. The lowest BCUT2D eigenvalue weighted by Crippen LogP contribution is -1.96. The van der Waals surface area contributed by atoms with Crippen LogP contribution in [0.4, 0.5) is 5.13 Å². The van der Waals surface area contributed by atoms with E-state index in [9.17, 15) is 4.79 Å². The molecule has 6 heteroatoms. The third-order valence-electron chi connectivity index (χ3n) is 2.56. The van der Waals surface area contributed by atoms with Crippen LogP contribution in [0, 0.1) is 0 Å². The van der Waals surface area contributed by atoms with Crippen molar-refractivity contribution in [1.82, 2.24) is 4.98 Å². The summed E-state index contributed by atoms with van der Waals surface area (Å²) in [5.74, 6) is 1.55. The number of carbonyl (C=O) groups is 1. The predicted octanol–water partition coefficient (Wildman–Crippen LogP) is 3.23. The van der Waals surface area contributed by atoms with Crippen molar-refractivity contribution >= 4 is 34.0 Å². The summed E-state index contributed by atoms with van der Waals surface area (Å²) >= 11 is 3.08. The Balaban J connectivity index is 2.17. The second-order valence-electron chi connectivity index (χ2n) is 3.89. The minimum atomic E-state index is 0.0518. The lowest BCUT2D eigenvalue weighted by atomic mass is 10.1. The van der Waals surface area contributed by atoms with Crippen molar-refractivity contribution in [1.29, 1.82) is 0 Å². The Bertz CT molecular complexity index is 596. The molecule has 0 saturated carbocycles. The van der Waals surface area contributed by atoms with Crippen LogP contribution in [-0.2, 0) is 5.75 Å². The minimum absolute atomic E-state index is 0.0518. The molecule has 1 aromatic heterocycles. The van der Waals surface area contributed by atoms with Gasteiger partial charge < -0.3 is 10.5 Å². The highest BCUT2D eigenvalue weighted by molar-refractivity contribution is 8.00. The smallest absolute Gasteiger partial charge is 0.181 e. The van der Waals surface area contributed by atoms with Gasteiger partial charge >= 0.3 is 0 Å². The molecule has 4 nitrogen and oxygen atoms in total. The van der Waals surface area contributed by atoms with Gasteiger partial charge in [-0.2, -0.15) is 0 Å². The number of nitrogens with zero attached hydrogens (tertiary/aromatic N) is 1. The Morgan fingerprint density at radius 3 is 2.89 bits per heavy atom. The van der Waals surface area contributed by atoms with Crippen LogP contribution in [0.2, 0.25) is 0 Å². The van der Waals surface area contributed by atoms with E-state index in [1.54, 1.807) is 38.1 Å². The highest BCUT2D eigenvalue weighted by Gasteiger charge is 2.09. The van der Waals surface area contributed by atoms with Crippen molar-refractivity contribution in [2.24, 2.45) is 0 Å². The van der Waals surface area contributed by atoms with E-state index >= 15 is 0 Å². The fraction of sp³-hybridized carbons (Fsp3) is 0.231. The summed E-state index contributed by atoms with van der Waals surface area (Å²) in [7, 11) is 1.63. The van der Waals surface area contributed by atoms with E-state index in [2.05, 4.69) is 4.98 Å². The Labute approximate surface area is 120 Å². The maximum absolute atomic E-state index is 11.4. The van der Waals surface area contributed by atoms with Crippen LogP contribution in [0.3, 0.4) is 0 Å². The number of thioether (sulfide) groups is 1. The van der Waals surface area contributed by atoms with Crippen molar-refractivity contribution in [2.75, 3.05) is 12.8 Å². The van der Waals surface area contributed by atoms with Crippen molar-refractivity contribution in [3.8, 4) is 5.75 Å². The molecular formula is C13H14N2O2S2. The molecule has 0 fully saturated rings. The molecule has 2 rings (SSSR count). The molecule has 19 heavy (non-hydrogen) atoms. The molecule has 0 aliphatic carbocycles. The van der Waals surface area contributed by atoms with E-state index in [-0.39, 0.29) is 5.78 Å². The van der Waals surface area contributed by atoms with E-state index in [1.165, 1.54) is 11.3 Å². The molecule has 0 bridgehead atoms. The summed E-state index contributed by atoms with van der Waals surface area (Å²) < 4.78 is 6.36. The first-order valence-corrected chi connectivity index (χ1v) is 7.42. The average molecular weight is 294 g/mol. The number of ketones is 1. The highest BCUT2D eigenvalue weighted by Crippen LogP contribution is 2.32. The maximum Gasteiger partial charge on any atom is 0.181 e. The Morgan fingerprint density at radius 2 is 2.32 bits per heavy atom. The zero-order chi connectivity index (χ0) is 13.8. The van der Waals surface area contributed by atoms with E-state index in [1.807, 2.05) is 12.1 Å². The zero-order valence-electron chi connectivity index (χ0n) is 10.7. The van der Waals surface area contributed by atoms with Gasteiger partial charge in [-0.05, 0) is 25.1 Å². The number of hydrogen-bond donors (Lipinski definition) is 1. The second kappa shape index (κ2) is 6.08. The lowest BCUT2D eigenvalue weighted by molar-refractivity contribution is 0.101. The molecule has 0 unspecified atom stereocenters. The zero-order valence-corrected chi connectivity index (χ0v) is 12.3. The molecule has 2 N–H and O–H groups in total. The van der Waals surface area contributed by atoms with Gasteiger partial charge in [-0.3, -0.25) is 4.79 Å². The number of nitrogen functional groups attached to an aromatic ring is 1. The van der Waals surface area contributed by atoms with Crippen LogP contribution < -0.4 is 10.5 Å². The van der Waals surface area contributed by atoms with Gasteiger partial charge in [0.1, 0.15) is 5.75 Å². The first kappa shape index (κ1) is 13.9.